The predicted molar refractivity (Wildman–Crippen MR) is 120 cm³/mol. The molecule has 1 saturated heterocycles. The first-order chi connectivity index (χ1) is 14.0. The number of likely N-dealkylation sites (N-methyl/N-ethyl adjacent to an activating group) is 1. The van der Waals surface area contributed by atoms with Crippen molar-refractivity contribution in [3.8, 4) is 0 Å². The first-order valence-corrected chi connectivity index (χ1v) is 10.3. The minimum atomic E-state index is -0.113. The lowest BCUT2D eigenvalue weighted by molar-refractivity contribution is 0.102. The van der Waals surface area contributed by atoms with E-state index in [0.29, 0.717) is 5.56 Å². The van der Waals surface area contributed by atoms with Gasteiger partial charge in [-0.3, -0.25) is 9.78 Å². The molecule has 150 valence electrons. The van der Waals surface area contributed by atoms with Crippen LogP contribution in [0.4, 0.5) is 11.4 Å². The molecule has 1 fully saturated rings. The molecule has 0 atom stereocenters. The molecule has 1 aliphatic rings. The summed E-state index contributed by atoms with van der Waals surface area (Å²) in [6.45, 7) is 11.3. The standard InChI is InChI=1S/C24H28N4O/c1-4-27-11-13-28(14-12-27)23-8-6-5-7-22(23)26-24(29)20-16-19-15-17(2)9-10-21(19)25-18(20)3/h5-10,15-16H,4,11-14H2,1-3H3,(H,26,29). The Morgan fingerprint density at radius 3 is 2.55 bits per heavy atom. The second-order valence-electron chi connectivity index (χ2n) is 7.71. The van der Waals surface area contributed by atoms with E-state index in [4.69, 9.17) is 0 Å². The average Bonchev–Trinajstić information content (AvgIpc) is 2.74. The number of rotatable bonds is 4. The Morgan fingerprint density at radius 1 is 1.03 bits per heavy atom. The van der Waals surface area contributed by atoms with Gasteiger partial charge in [0, 0.05) is 31.6 Å². The highest BCUT2D eigenvalue weighted by Gasteiger charge is 2.20. The van der Waals surface area contributed by atoms with E-state index >= 15 is 0 Å². The van der Waals surface area contributed by atoms with Crippen molar-refractivity contribution < 1.29 is 4.79 Å². The van der Waals surface area contributed by atoms with Gasteiger partial charge >= 0.3 is 0 Å². The van der Waals surface area contributed by atoms with E-state index < -0.39 is 0 Å². The number of amides is 1. The maximum absolute atomic E-state index is 13.1. The van der Waals surface area contributed by atoms with Crippen molar-refractivity contribution in [1.82, 2.24) is 9.88 Å². The van der Waals surface area contributed by atoms with Crippen LogP contribution in [0.15, 0.2) is 48.5 Å². The van der Waals surface area contributed by atoms with Gasteiger partial charge in [-0.15, -0.1) is 0 Å². The van der Waals surface area contributed by atoms with Gasteiger partial charge in [0.05, 0.1) is 28.1 Å². The fourth-order valence-electron chi connectivity index (χ4n) is 3.97. The Bertz CT molecular complexity index is 1040. The molecule has 0 aliphatic carbocycles. The summed E-state index contributed by atoms with van der Waals surface area (Å²) < 4.78 is 0. The summed E-state index contributed by atoms with van der Waals surface area (Å²) >= 11 is 0. The molecule has 5 heteroatoms. The van der Waals surface area contributed by atoms with E-state index in [2.05, 4.69) is 39.2 Å². The van der Waals surface area contributed by atoms with Crippen molar-refractivity contribution in [2.45, 2.75) is 20.8 Å². The Hall–Kier alpha value is -2.92. The molecule has 0 unspecified atom stereocenters. The van der Waals surface area contributed by atoms with Gasteiger partial charge in [0.2, 0.25) is 0 Å². The summed E-state index contributed by atoms with van der Waals surface area (Å²) in [5.74, 6) is -0.113. The third kappa shape index (κ3) is 4.10. The highest BCUT2D eigenvalue weighted by Crippen LogP contribution is 2.28. The third-order valence-corrected chi connectivity index (χ3v) is 5.72. The molecule has 4 rings (SSSR count). The van der Waals surface area contributed by atoms with Gasteiger partial charge in [-0.25, -0.2) is 0 Å². The molecule has 1 N–H and O–H groups in total. The van der Waals surface area contributed by atoms with E-state index in [1.54, 1.807) is 0 Å². The first-order valence-electron chi connectivity index (χ1n) is 10.3. The fourth-order valence-corrected chi connectivity index (χ4v) is 3.97. The van der Waals surface area contributed by atoms with Crippen LogP contribution in [0, 0.1) is 13.8 Å². The number of aryl methyl sites for hydroxylation is 2. The molecule has 3 aromatic rings. The number of benzene rings is 2. The van der Waals surface area contributed by atoms with E-state index in [-0.39, 0.29) is 5.91 Å². The number of nitrogens with one attached hydrogen (secondary N) is 1. The smallest absolute Gasteiger partial charge is 0.257 e. The molecule has 5 nitrogen and oxygen atoms in total. The SMILES string of the molecule is CCN1CCN(c2ccccc2NC(=O)c2cc3cc(C)ccc3nc2C)CC1. The summed E-state index contributed by atoms with van der Waals surface area (Å²) in [6, 6.07) is 16.1. The number of hydrogen-bond acceptors (Lipinski definition) is 4. The zero-order chi connectivity index (χ0) is 20.4. The molecule has 2 aromatic carbocycles. The molecule has 0 saturated carbocycles. The van der Waals surface area contributed by atoms with Crippen molar-refractivity contribution in [2.24, 2.45) is 0 Å². The van der Waals surface area contributed by atoms with E-state index in [0.717, 1.165) is 66.3 Å². The highest BCUT2D eigenvalue weighted by molar-refractivity contribution is 6.08. The van der Waals surface area contributed by atoms with Crippen molar-refractivity contribution in [2.75, 3.05) is 42.9 Å². The summed E-state index contributed by atoms with van der Waals surface area (Å²) in [7, 11) is 0. The number of nitrogens with zero attached hydrogens (tertiary/aromatic N) is 3. The molecular weight excluding hydrogens is 360 g/mol. The number of pyridine rings is 1. The maximum atomic E-state index is 13.1. The van der Waals surface area contributed by atoms with Crippen molar-refractivity contribution in [1.29, 1.82) is 0 Å². The van der Waals surface area contributed by atoms with Gasteiger partial charge in [-0.1, -0.05) is 30.7 Å². The lowest BCUT2D eigenvalue weighted by Crippen LogP contribution is -2.46. The van der Waals surface area contributed by atoms with E-state index in [1.165, 1.54) is 0 Å². The van der Waals surface area contributed by atoms with Gasteiger partial charge in [0.15, 0.2) is 0 Å². The van der Waals surface area contributed by atoms with Gasteiger partial charge in [-0.2, -0.15) is 0 Å². The normalized spacial score (nSPS) is 14.9. The average molecular weight is 389 g/mol. The van der Waals surface area contributed by atoms with Crippen LogP contribution in [0.2, 0.25) is 0 Å². The molecule has 1 amide bonds. The maximum Gasteiger partial charge on any atom is 0.257 e. The van der Waals surface area contributed by atoms with Crippen molar-refractivity contribution in [3.05, 3.63) is 65.4 Å². The molecule has 2 heterocycles. The fraction of sp³-hybridized carbons (Fsp3) is 0.333. The molecule has 1 aliphatic heterocycles. The second-order valence-corrected chi connectivity index (χ2v) is 7.71. The molecule has 0 radical (unpaired) electrons. The van der Waals surface area contributed by atoms with Crippen LogP contribution < -0.4 is 10.2 Å². The Labute approximate surface area is 172 Å². The van der Waals surface area contributed by atoms with Crippen LogP contribution in [-0.4, -0.2) is 48.5 Å². The number of para-hydroxylation sites is 2. The van der Waals surface area contributed by atoms with Crippen LogP contribution in [0.1, 0.15) is 28.5 Å². The Kier molecular flexibility index (Phi) is 5.49. The number of anilines is 2. The zero-order valence-corrected chi connectivity index (χ0v) is 17.4. The number of piperazine rings is 1. The van der Waals surface area contributed by atoms with Gasteiger partial charge in [-0.05, 0) is 50.7 Å². The predicted octanol–water partition coefficient (Wildman–Crippen LogP) is 4.25. The number of carbonyl (C=O) groups excluding carboxylic acids is 1. The van der Waals surface area contributed by atoms with Gasteiger partial charge in [0.25, 0.3) is 5.91 Å². The molecular formula is C24H28N4O. The first kappa shape index (κ1) is 19.4. The van der Waals surface area contributed by atoms with Gasteiger partial charge in [0.1, 0.15) is 0 Å². The summed E-state index contributed by atoms with van der Waals surface area (Å²) in [5, 5.41) is 4.13. The highest BCUT2D eigenvalue weighted by atomic mass is 16.1. The number of carbonyl (C=O) groups is 1. The Morgan fingerprint density at radius 2 is 1.79 bits per heavy atom. The van der Waals surface area contributed by atoms with Crippen LogP contribution in [0.3, 0.4) is 0 Å². The number of aromatic nitrogens is 1. The second kappa shape index (κ2) is 8.21. The topological polar surface area (TPSA) is 48.5 Å². The van der Waals surface area contributed by atoms with E-state index in [1.807, 2.05) is 50.2 Å². The summed E-state index contributed by atoms with van der Waals surface area (Å²) in [4.78, 5) is 22.6. The van der Waals surface area contributed by atoms with Crippen LogP contribution in [0.5, 0.6) is 0 Å². The van der Waals surface area contributed by atoms with Crippen LogP contribution in [0.25, 0.3) is 10.9 Å². The third-order valence-electron chi connectivity index (χ3n) is 5.72. The quantitative estimate of drug-likeness (QED) is 0.726. The number of hydrogen-bond donors (Lipinski definition) is 1. The van der Waals surface area contributed by atoms with Gasteiger partial charge < -0.3 is 15.1 Å². The number of fused-ring (bicyclic) bond motifs is 1. The monoisotopic (exact) mass is 388 g/mol. The minimum Gasteiger partial charge on any atom is -0.367 e. The summed E-state index contributed by atoms with van der Waals surface area (Å²) in [5.41, 5.74) is 5.37. The van der Waals surface area contributed by atoms with Crippen LogP contribution >= 0.6 is 0 Å². The van der Waals surface area contributed by atoms with Crippen molar-refractivity contribution in [3.63, 3.8) is 0 Å². The molecule has 0 spiro atoms. The largest absolute Gasteiger partial charge is 0.367 e. The van der Waals surface area contributed by atoms with Crippen molar-refractivity contribution >= 4 is 28.2 Å². The molecule has 0 bridgehead atoms. The molecule has 1 aromatic heterocycles. The zero-order valence-electron chi connectivity index (χ0n) is 17.4. The summed E-state index contributed by atoms with van der Waals surface area (Å²) in [6.07, 6.45) is 0. The lowest BCUT2D eigenvalue weighted by Gasteiger charge is -2.36. The van der Waals surface area contributed by atoms with Crippen LogP contribution in [-0.2, 0) is 0 Å². The minimum absolute atomic E-state index is 0.113. The molecule has 29 heavy (non-hydrogen) atoms. The lowest BCUT2D eigenvalue weighted by atomic mass is 10.1. The van der Waals surface area contributed by atoms with E-state index in [9.17, 15) is 4.79 Å². The Balaban J connectivity index is 1.59.